The van der Waals surface area contributed by atoms with Crippen molar-refractivity contribution in [1.29, 1.82) is 0 Å². The van der Waals surface area contributed by atoms with Gasteiger partial charge in [0.2, 0.25) is 0 Å². The molecular formula is C23H21F2N5O2. The summed E-state index contributed by atoms with van der Waals surface area (Å²) in [5.74, 6) is -3.00. The van der Waals surface area contributed by atoms with E-state index in [0.717, 1.165) is 28.9 Å². The number of nitrogens with one attached hydrogen (secondary N) is 2. The van der Waals surface area contributed by atoms with Crippen LogP contribution in [0.2, 0.25) is 0 Å². The second-order valence-electron chi connectivity index (χ2n) is 6.83. The van der Waals surface area contributed by atoms with E-state index in [0.29, 0.717) is 24.3 Å². The summed E-state index contributed by atoms with van der Waals surface area (Å²) in [5.41, 5.74) is 13.5. The van der Waals surface area contributed by atoms with Gasteiger partial charge in [0.15, 0.2) is 0 Å². The third-order valence-electron chi connectivity index (χ3n) is 4.71. The molecule has 7 nitrogen and oxygen atoms in total. The highest BCUT2D eigenvalue weighted by Crippen LogP contribution is 2.27. The Morgan fingerprint density at radius 2 is 1.84 bits per heavy atom. The first-order valence-electron chi connectivity index (χ1n) is 9.56. The Labute approximate surface area is 183 Å². The molecule has 32 heavy (non-hydrogen) atoms. The quantitative estimate of drug-likeness (QED) is 0.316. The van der Waals surface area contributed by atoms with Crippen LogP contribution >= 0.6 is 0 Å². The third kappa shape index (κ3) is 4.89. The lowest BCUT2D eigenvalue weighted by atomic mass is 10.1. The summed E-state index contributed by atoms with van der Waals surface area (Å²) in [6, 6.07) is 10.7. The molecule has 0 saturated carbocycles. The number of halogens is 2. The number of nitrogens with zero attached hydrogens (tertiary/aromatic N) is 1. The number of rotatable bonds is 8. The molecule has 1 heterocycles. The highest BCUT2D eigenvalue weighted by atomic mass is 19.1. The van der Waals surface area contributed by atoms with Gasteiger partial charge in [-0.05, 0) is 59.7 Å². The van der Waals surface area contributed by atoms with Crippen molar-refractivity contribution >= 4 is 35.5 Å². The van der Waals surface area contributed by atoms with Crippen molar-refractivity contribution in [3.05, 3.63) is 76.9 Å². The summed E-state index contributed by atoms with van der Waals surface area (Å²) < 4.78 is 28.3. The van der Waals surface area contributed by atoms with E-state index < -0.39 is 23.1 Å². The molecule has 3 aromatic rings. The fourth-order valence-electron chi connectivity index (χ4n) is 3.15. The van der Waals surface area contributed by atoms with Crippen molar-refractivity contribution in [3.8, 4) is 11.3 Å². The van der Waals surface area contributed by atoms with E-state index in [4.69, 9.17) is 11.5 Å². The molecule has 3 rings (SSSR count). The first-order chi connectivity index (χ1) is 15.3. The summed E-state index contributed by atoms with van der Waals surface area (Å²) in [7, 11) is 1.78. The standard InChI is InChI=1S/C23H21F2N5O2/c1-28-19-6-4-13(9-14(19)3-2-8-31)12-29-23-18(26)5-7-20(30-23)15-10-16(24)21(22(27)32)17(25)11-15/h2-11,28H,12,26H2,1H3,(H2,27,32)(H,29,30)/b3-2-. The first kappa shape index (κ1) is 22.4. The molecular weight excluding hydrogens is 416 g/mol. The average Bonchev–Trinajstić information content (AvgIpc) is 2.76. The summed E-state index contributed by atoms with van der Waals surface area (Å²) in [6.07, 6.45) is 3.79. The van der Waals surface area contributed by atoms with Crippen LogP contribution in [0.4, 0.5) is 26.0 Å². The fraction of sp³-hybridized carbons (Fsp3) is 0.0870. The van der Waals surface area contributed by atoms with Gasteiger partial charge in [-0.3, -0.25) is 9.59 Å². The predicted octanol–water partition coefficient (Wildman–Crippen LogP) is 3.57. The molecule has 0 atom stereocenters. The SMILES string of the molecule is CNc1ccc(CNc2nc(-c3cc(F)c(C(N)=O)c(F)c3)ccc2N)cc1/C=C\C=O. The van der Waals surface area contributed by atoms with Gasteiger partial charge in [0.05, 0.1) is 11.4 Å². The number of nitrogen functional groups attached to an aromatic ring is 1. The van der Waals surface area contributed by atoms with Crippen LogP contribution in [0.25, 0.3) is 17.3 Å². The second-order valence-corrected chi connectivity index (χ2v) is 6.83. The Morgan fingerprint density at radius 3 is 2.47 bits per heavy atom. The molecule has 0 bridgehead atoms. The van der Waals surface area contributed by atoms with Gasteiger partial charge in [0.25, 0.3) is 5.91 Å². The highest BCUT2D eigenvalue weighted by Gasteiger charge is 2.17. The van der Waals surface area contributed by atoms with E-state index in [1.54, 1.807) is 19.2 Å². The second kappa shape index (κ2) is 9.69. The monoisotopic (exact) mass is 437 g/mol. The van der Waals surface area contributed by atoms with Crippen molar-refractivity contribution in [2.75, 3.05) is 23.4 Å². The first-order valence-corrected chi connectivity index (χ1v) is 9.56. The maximum absolute atomic E-state index is 14.1. The Kier molecular flexibility index (Phi) is 6.79. The molecule has 9 heteroatoms. The van der Waals surface area contributed by atoms with Crippen molar-refractivity contribution in [1.82, 2.24) is 4.98 Å². The number of allylic oxidation sites excluding steroid dienone is 1. The Morgan fingerprint density at radius 1 is 1.12 bits per heavy atom. The Hall–Kier alpha value is -4.27. The molecule has 0 unspecified atom stereocenters. The highest BCUT2D eigenvalue weighted by molar-refractivity contribution is 5.94. The minimum absolute atomic E-state index is 0.132. The van der Waals surface area contributed by atoms with Gasteiger partial charge in [-0.2, -0.15) is 0 Å². The number of nitrogens with two attached hydrogens (primary N) is 2. The van der Waals surface area contributed by atoms with Gasteiger partial charge in [-0.15, -0.1) is 0 Å². The normalized spacial score (nSPS) is 10.8. The number of hydrogen-bond acceptors (Lipinski definition) is 6. The van der Waals surface area contributed by atoms with Crippen LogP contribution < -0.4 is 22.1 Å². The van der Waals surface area contributed by atoms with Gasteiger partial charge in [0.1, 0.15) is 29.3 Å². The predicted molar refractivity (Wildman–Crippen MR) is 121 cm³/mol. The van der Waals surface area contributed by atoms with Gasteiger partial charge in [-0.1, -0.05) is 6.07 Å². The van der Waals surface area contributed by atoms with Crippen molar-refractivity contribution in [2.45, 2.75) is 6.54 Å². The van der Waals surface area contributed by atoms with Crippen LogP contribution in [0.1, 0.15) is 21.5 Å². The zero-order valence-electron chi connectivity index (χ0n) is 17.2. The van der Waals surface area contributed by atoms with E-state index in [9.17, 15) is 18.4 Å². The van der Waals surface area contributed by atoms with E-state index >= 15 is 0 Å². The van der Waals surface area contributed by atoms with Gasteiger partial charge >= 0.3 is 0 Å². The minimum atomic E-state index is -1.19. The number of carbonyl (C=O) groups is 2. The maximum Gasteiger partial charge on any atom is 0.254 e. The molecule has 0 aliphatic rings. The molecule has 0 spiro atoms. The lowest BCUT2D eigenvalue weighted by molar-refractivity contribution is -0.104. The number of aromatic nitrogens is 1. The molecule has 164 valence electrons. The number of pyridine rings is 1. The third-order valence-corrected chi connectivity index (χ3v) is 4.71. The van der Waals surface area contributed by atoms with E-state index in [1.807, 2.05) is 18.2 Å². The fourth-order valence-corrected chi connectivity index (χ4v) is 3.15. The van der Waals surface area contributed by atoms with Crippen LogP contribution in [-0.2, 0) is 11.3 Å². The average molecular weight is 437 g/mol. The number of anilines is 3. The lowest BCUT2D eigenvalue weighted by Gasteiger charge is -2.13. The molecule has 0 saturated heterocycles. The number of aldehydes is 1. The van der Waals surface area contributed by atoms with Crippen LogP contribution in [0.5, 0.6) is 0 Å². The molecule has 0 aliphatic carbocycles. The smallest absolute Gasteiger partial charge is 0.254 e. The van der Waals surface area contributed by atoms with Gasteiger partial charge < -0.3 is 22.1 Å². The van der Waals surface area contributed by atoms with Crippen molar-refractivity contribution in [2.24, 2.45) is 5.73 Å². The molecule has 0 fully saturated rings. The zero-order chi connectivity index (χ0) is 23.3. The van der Waals surface area contributed by atoms with E-state index in [-0.39, 0.29) is 11.3 Å². The molecule has 2 aromatic carbocycles. The summed E-state index contributed by atoms with van der Waals surface area (Å²) in [4.78, 5) is 26.2. The maximum atomic E-state index is 14.1. The number of amides is 1. The van der Waals surface area contributed by atoms with Crippen LogP contribution in [-0.4, -0.2) is 24.2 Å². The molecule has 1 aromatic heterocycles. The largest absolute Gasteiger partial charge is 0.396 e. The number of carbonyl (C=O) groups excluding carboxylic acids is 2. The Bertz CT molecular complexity index is 1190. The molecule has 0 radical (unpaired) electrons. The van der Waals surface area contributed by atoms with Crippen molar-refractivity contribution < 1.29 is 18.4 Å². The van der Waals surface area contributed by atoms with Crippen LogP contribution in [0, 0.1) is 11.6 Å². The van der Waals surface area contributed by atoms with E-state index in [2.05, 4.69) is 15.6 Å². The molecule has 6 N–H and O–H groups in total. The van der Waals surface area contributed by atoms with Crippen LogP contribution in [0.3, 0.4) is 0 Å². The van der Waals surface area contributed by atoms with Gasteiger partial charge in [0, 0.05) is 24.8 Å². The lowest BCUT2D eigenvalue weighted by Crippen LogP contribution is -2.15. The van der Waals surface area contributed by atoms with Crippen molar-refractivity contribution in [3.63, 3.8) is 0 Å². The van der Waals surface area contributed by atoms with E-state index in [1.165, 1.54) is 12.1 Å². The number of benzene rings is 2. The van der Waals surface area contributed by atoms with Gasteiger partial charge in [-0.25, -0.2) is 13.8 Å². The summed E-state index contributed by atoms with van der Waals surface area (Å²) in [6.45, 7) is 0.357. The van der Waals surface area contributed by atoms with Crippen LogP contribution in [0.15, 0.2) is 48.5 Å². The minimum Gasteiger partial charge on any atom is -0.396 e. The number of hydrogen-bond donors (Lipinski definition) is 4. The number of primary amides is 1. The molecule has 0 aliphatic heterocycles. The molecule has 1 amide bonds. The Balaban J connectivity index is 1.87. The zero-order valence-corrected chi connectivity index (χ0v) is 17.2. The summed E-state index contributed by atoms with van der Waals surface area (Å²) >= 11 is 0. The topological polar surface area (TPSA) is 123 Å². The summed E-state index contributed by atoms with van der Waals surface area (Å²) in [5, 5.41) is 6.16.